The molecule has 1 saturated carbocycles. The molecule has 1 aliphatic rings. The van der Waals surface area contributed by atoms with E-state index in [9.17, 15) is 4.79 Å². The Morgan fingerprint density at radius 2 is 1.96 bits per heavy atom. The smallest absolute Gasteiger partial charge is 0.407 e. The summed E-state index contributed by atoms with van der Waals surface area (Å²) in [6.45, 7) is 0.152. The van der Waals surface area contributed by atoms with Crippen molar-refractivity contribution >= 4 is 6.09 Å². The Labute approximate surface area is 142 Å². The lowest BCUT2D eigenvalue weighted by atomic mass is 9.96. The van der Waals surface area contributed by atoms with Crippen LogP contribution in [0.25, 0.3) is 0 Å². The Bertz CT molecular complexity index is 635. The molecule has 0 radical (unpaired) electrons. The number of nitrogens with zero attached hydrogens (tertiary/aromatic N) is 2. The van der Waals surface area contributed by atoms with Gasteiger partial charge in [0, 0.05) is 6.04 Å². The summed E-state index contributed by atoms with van der Waals surface area (Å²) in [5.74, 6) is 0. The molecule has 3 rings (SSSR count). The molecule has 0 bridgehead atoms. The molecule has 0 spiro atoms. The topological polar surface area (TPSA) is 79.9 Å². The molecule has 6 heteroatoms. The minimum atomic E-state index is -0.362. The minimum absolute atomic E-state index is 0.152. The van der Waals surface area contributed by atoms with Gasteiger partial charge in [0.2, 0.25) is 0 Å². The number of aromatic nitrogens is 3. The van der Waals surface area contributed by atoms with Crippen molar-refractivity contribution in [3.63, 3.8) is 0 Å². The Balaban J connectivity index is 1.45. The average Bonchev–Trinajstić information content (AvgIpc) is 3.07. The summed E-state index contributed by atoms with van der Waals surface area (Å²) in [4.78, 5) is 11.9. The molecule has 0 atom stereocenters. The van der Waals surface area contributed by atoms with Crippen LogP contribution in [0.15, 0.2) is 30.3 Å². The molecule has 0 aliphatic heterocycles. The lowest BCUT2D eigenvalue weighted by Gasteiger charge is -2.22. The lowest BCUT2D eigenvalue weighted by molar-refractivity contribution is 0.131. The van der Waals surface area contributed by atoms with Crippen LogP contribution >= 0.6 is 0 Å². The summed E-state index contributed by atoms with van der Waals surface area (Å²) in [5.41, 5.74) is 2.88. The van der Waals surface area contributed by atoms with E-state index in [0.717, 1.165) is 31.4 Å². The monoisotopic (exact) mass is 328 g/mol. The number of aryl methyl sites for hydroxylation is 2. The van der Waals surface area contributed by atoms with Crippen molar-refractivity contribution in [1.29, 1.82) is 0 Å². The number of hydrogen-bond donors (Lipinski definition) is 2. The van der Waals surface area contributed by atoms with E-state index >= 15 is 0 Å². The van der Waals surface area contributed by atoms with E-state index in [2.05, 4.69) is 32.9 Å². The molecule has 1 aromatic heterocycles. The number of amides is 1. The summed E-state index contributed by atoms with van der Waals surface area (Å²) in [5, 5.41) is 13.7. The highest BCUT2D eigenvalue weighted by Crippen LogP contribution is 2.17. The first-order valence-electron chi connectivity index (χ1n) is 8.67. The maximum absolute atomic E-state index is 11.9. The van der Waals surface area contributed by atoms with Crippen LogP contribution in [0.3, 0.4) is 0 Å². The minimum Gasteiger partial charge on any atom is -0.443 e. The van der Waals surface area contributed by atoms with Crippen LogP contribution in [0, 0.1) is 0 Å². The molecule has 0 unspecified atom stereocenters. The molecule has 1 aliphatic carbocycles. The number of benzene rings is 1. The fourth-order valence-corrected chi connectivity index (χ4v) is 3.09. The highest BCUT2D eigenvalue weighted by molar-refractivity contribution is 5.67. The molecular formula is C18H24N4O2. The number of rotatable bonds is 6. The van der Waals surface area contributed by atoms with Gasteiger partial charge in [0.25, 0.3) is 0 Å². The third kappa shape index (κ3) is 4.81. The predicted octanol–water partition coefficient (Wildman–Crippen LogP) is 3.15. The molecule has 1 heterocycles. The Kier molecular flexibility index (Phi) is 5.82. The van der Waals surface area contributed by atoms with Crippen LogP contribution in [0.5, 0.6) is 0 Å². The SMILES string of the molecule is O=C(NC1CCCCC1)OCc1nn[nH]c1CCc1ccccc1. The van der Waals surface area contributed by atoms with Crippen LogP contribution in [0.1, 0.15) is 49.1 Å². The van der Waals surface area contributed by atoms with Crippen molar-refractivity contribution in [2.75, 3.05) is 0 Å². The van der Waals surface area contributed by atoms with Crippen LogP contribution < -0.4 is 5.32 Å². The average molecular weight is 328 g/mol. The summed E-state index contributed by atoms with van der Waals surface area (Å²) in [6, 6.07) is 10.5. The Morgan fingerprint density at radius 3 is 2.75 bits per heavy atom. The number of ether oxygens (including phenoxy) is 1. The Morgan fingerprint density at radius 1 is 1.17 bits per heavy atom. The number of alkyl carbamates (subject to hydrolysis) is 1. The molecule has 6 nitrogen and oxygen atoms in total. The molecule has 0 saturated heterocycles. The van der Waals surface area contributed by atoms with Gasteiger partial charge in [-0.15, -0.1) is 5.10 Å². The van der Waals surface area contributed by atoms with Crippen molar-refractivity contribution in [2.45, 2.75) is 57.6 Å². The third-order valence-corrected chi connectivity index (χ3v) is 4.48. The molecule has 1 fully saturated rings. The van der Waals surface area contributed by atoms with Crippen molar-refractivity contribution in [2.24, 2.45) is 0 Å². The number of nitrogens with one attached hydrogen (secondary N) is 2. The van der Waals surface area contributed by atoms with E-state index in [1.54, 1.807) is 0 Å². The van der Waals surface area contributed by atoms with Crippen molar-refractivity contribution < 1.29 is 9.53 Å². The fraction of sp³-hybridized carbons (Fsp3) is 0.500. The van der Waals surface area contributed by atoms with Gasteiger partial charge < -0.3 is 10.1 Å². The first kappa shape index (κ1) is 16.5. The first-order chi connectivity index (χ1) is 11.8. The summed E-state index contributed by atoms with van der Waals surface area (Å²) in [7, 11) is 0. The number of aromatic amines is 1. The second kappa shape index (κ2) is 8.47. The maximum atomic E-state index is 11.9. The zero-order chi connectivity index (χ0) is 16.6. The molecule has 128 valence electrons. The Hall–Kier alpha value is -2.37. The van der Waals surface area contributed by atoms with E-state index < -0.39 is 0 Å². The van der Waals surface area contributed by atoms with Crippen molar-refractivity contribution in [1.82, 2.24) is 20.7 Å². The van der Waals surface area contributed by atoms with Crippen molar-refractivity contribution in [3.8, 4) is 0 Å². The normalized spacial score (nSPS) is 15.2. The lowest BCUT2D eigenvalue weighted by Crippen LogP contribution is -2.36. The zero-order valence-corrected chi connectivity index (χ0v) is 13.8. The van der Waals surface area contributed by atoms with Gasteiger partial charge in [-0.2, -0.15) is 0 Å². The maximum Gasteiger partial charge on any atom is 0.407 e. The quantitative estimate of drug-likeness (QED) is 0.853. The second-order valence-electron chi connectivity index (χ2n) is 6.28. The van der Waals surface area contributed by atoms with Gasteiger partial charge >= 0.3 is 6.09 Å². The summed E-state index contributed by atoms with van der Waals surface area (Å²) >= 11 is 0. The molecule has 24 heavy (non-hydrogen) atoms. The van der Waals surface area contributed by atoms with E-state index in [1.165, 1.54) is 24.8 Å². The number of carbonyl (C=O) groups is 1. The number of carbonyl (C=O) groups excluding carboxylic acids is 1. The van der Waals surface area contributed by atoms with Crippen molar-refractivity contribution in [3.05, 3.63) is 47.3 Å². The van der Waals surface area contributed by atoms with Crippen LogP contribution in [-0.4, -0.2) is 27.5 Å². The van der Waals surface area contributed by atoms with E-state index in [1.807, 2.05) is 18.2 Å². The molecule has 2 aromatic rings. The standard InChI is InChI=1S/C18H24N4O2/c23-18(19-15-9-5-2-6-10-15)24-13-17-16(20-22-21-17)12-11-14-7-3-1-4-8-14/h1,3-4,7-8,15H,2,5-6,9-13H2,(H,19,23)(H,20,21,22). The summed E-state index contributed by atoms with van der Waals surface area (Å²) in [6.07, 6.45) is 7.03. The van der Waals surface area contributed by atoms with Crippen LogP contribution in [0.2, 0.25) is 0 Å². The van der Waals surface area contributed by atoms with E-state index in [0.29, 0.717) is 5.69 Å². The molecule has 1 aromatic carbocycles. The largest absolute Gasteiger partial charge is 0.443 e. The van der Waals surface area contributed by atoms with Crippen LogP contribution in [-0.2, 0) is 24.2 Å². The van der Waals surface area contributed by atoms with Gasteiger partial charge in [0.1, 0.15) is 12.3 Å². The molecule has 2 N–H and O–H groups in total. The fourth-order valence-electron chi connectivity index (χ4n) is 3.09. The predicted molar refractivity (Wildman–Crippen MR) is 90.4 cm³/mol. The highest BCUT2D eigenvalue weighted by Gasteiger charge is 2.17. The molecule has 1 amide bonds. The van der Waals surface area contributed by atoms with E-state index in [-0.39, 0.29) is 18.7 Å². The number of H-pyrrole nitrogens is 1. The molecular weight excluding hydrogens is 304 g/mol. The first-order valence-corrected chi connectivity index (χ1v) is 8.67. The van der Waals surface area contributed by atoms with Gasteiger partial charge in [-0.05, 0) is 31.2 Å². The van der Waals surface area contributed by atoms with Gasteiger partial charge in [-0.1, -0.05) is 54.8 Å². The highest BCUT2D eigenvalue weighted by atomic mass is 16.5. The zero-order valence-electron chi connectivity index (χ0n) is 13.8. The van der Waals surface area contributed by atoms with Gasteiger partial charge in [0.05, 0.1) is 5.69 Å². The second-order valence-corrected chi connectivity index (χ2v) is 6.28. The van der Waals surface area contributed by atoms with Gasteiger partial charge in [-0.25, -0.2) is 4.79 Å². The summed E-state index contributed by atoms with van der Waals surface area (Å²) < 4.78 is 5.31. The van der Waals surface area contributed by atoms with Gasteiger partial charge in [-0.3, -0.25) is 5.10 Å². The third-order valence-electron chi connectivity index (χ3n) is 4.48. The van der Waals surface area contributed by atoms with Crippen LogP contribution in [0.4, 0.5) is 4.79 Å². The van der Waals surface area contributed by atoms with E-state index in [4.69, 9.17) is 4.74 Å². The van der Waals surface area contributed by atoms with Gasteiger partial charge in [0.15, 0.2) is 0 Å². The number of hydrogen-bond acceptors (Lipinski definition) is 4.